The van der Waals surface area contributed by atoms with Crippen molar-refractivity contribution >= 4 is 29.1 Å². The molecular formula is C28H28ClNO5. The zero-order valence-electron chi connectivity index (χ0n) is 20.0. The molecule has 0 saturated carbocycles. The van der Waals surface area contributed by atoms with Crippen LogP contribution in [0.2, 0.25) is 5.02 Å². The van der Waals surface area contributed by atoms with Crippen LogP contribution in [0.15, 0.2) is 70.9 Å². The molecule has 0 radical (unpaired) electrons. The van der Waals surface area contributed by atoms with Gasteiger partial charge in [0.2, 0.25) is 0 Å². The van der Waals surface area contributed by atoms with E-state index in [2.05, 4.69) is 0 Å². The lowest BCUT2D eigenvalue weighted by molar-refractivity contribution is -0.140. The van der Waals surface area contributed by atoms with Gasteiger partial charge in [-0.25, -0.2) is 0 Å². The number of nitrogens with zero attached hydrogens (tertiary/aromatic N) is 1. The van der Waals surface area contributed by atoms with Crippen molar-refractivity contribution in [1.29, 1.82) is 0 Å². The number of hydrogen-bond donors (Lipinski definition) is 1. The predicted molar refractivity (Wildman–Crippen MR) is 135 cm³/mol. The summed E-state index contributed by atoms with van der Waals surface area (Å²) in [6.07, 6.45) is 2.00. The van der Waals surface area contributed by atoms with E-state index < -0.39 is 17.7 Å². The van der Waals surface area contributed by atoms with E-state index in [0.717, 1.165) is 16.9 Å². The summed E-state index contributed by atoms with van der Waals surface area (Å²) in [5, 5.41) is 11.9. The predicted octanol–water partition coefficient (Wildman–Crippen LogP) is 6.12. The van der Waals surface area contributed by atoms with Crippen LogP contribution in [0, 0.1) is 0 Å². The largest absolute Gasteiger partial charge is 0.507 e. The van der Waals surface area contributed by atoms with Crippen LogP contribution in [0.4, 0.5) is 0 Å². The van der Waals surface area contributed by atoms with Crippen LogP contribution in [-0.4, -0.2) is 34.8 Å². The second kappa shape index (κ2) is 10.4. The van der Waals surface area contributed by atoms with E-state index in [4.69, 9.17) is 20.8 Å². The highest BCUT2D eigenvalue weighted by Crippen LogP contribution is 2.40. The highest BCUT2D eigenvalue weighted by Gasteiger charge is 2.47. The molecule has 1 unspecified atom stereocenters. The molecule has 2 aromatic carbocycles. The number of amides is 1. The molecule has 0 bridgehead atoms. The van der Waals surface area contributed by atoms with E-state index in [1.807, 2.05) is 39.0 Å². The van der Waals surface area contributed by atoms with Gasteiger partial charge in [0.15, 0.2) is 0 Å². The van der Waals surface area contributed by atoms with Crippen LogP contribution in [0.5, 0.6) is 5.75 Å². The van der Waals surface area contributed by atoms with Crippen LogP contribution in [0.25, 0.3) is 5.76 Å². The maximum atomic E-state index is 13.2. The molecule has 6 nitrogen and oxygen atoms in total. The van der Waals surface area contributed by atoms with E-state index in [0.29, 0.717) is 29.4 Å². The first-order valence-corrected chi connectivity index (χ1v) is 12.0. The van der Waals surface area contributed by atoms with Gasteiger partial charge in [-0.3, -0.25) is 9.59 Å². The minimum Gasteiger partial charge on any atom is -0.507 e. The summed E-state index contributed by atoms with van der Waals surface area (Å²) >= 11 is 5.98. The molecule has 182 valence electrons. The second-order valence-electron chi connectivity index (χ2n) is 8.72. The number of carbonyl (C=O) groups is 2. The Hall–Kier alpha value is -3.51. The van der Waals surface area contributed by atoms with Crippen molar-refractivity contribution in [3.63, 3.8) is 0 Å². The zero-order chi connectivity index (χ0) is 25.1. The Kier molecular flexibility index (Phi) is 7.31. The summed E-state index contributed by atoms with van der Waals surface area (Å²) < 4.78 is 11.3. The lowest BCUT2D eigenvalue weighted by Crippen LogP contribution is -2.31. The van der Waals surface area contributed by atoms with Crippen molar-refractivity contribution in [2.75, 3.05) is 13.2 Å². The molecule has 1 N–H and O–H groups in total. The molecule has 1 saturated heterocycles. The smallest absolute Gasteiger partial charge is 0.295 e. The standard InChI is InChI=1S/C28H28ClNO5/c1-4-34-22-12-9-19(16-21(22)17(2)3)26(31)24-25(23-6-5-15-35-23)30(28(33)27(24)32)14-13-18-7-10-20(29)11-8-18/h5-12,15-17,25,31H,4,13-14H2,1-3H3/b26-24-. The molecule has 1 atom stereocenters. The van der Waals surface area contributed by atoms with E-state index >= 15 is 0 Å². The highest BCUT2D eigenvalue weighted by atomic mass is 35.5. The first-order valence-electron chi connectivity index (χ1n) is 11.6. The van der Waals surface area contributed by atoms with E-state index in [1.165, 1.54) is 11.2 Å². The minimum absolute atomic E-state index is 0.0138. The van der Waals surface area contributed by atoms with Crippen LogP contribution in [-0.2, 0) is 16.0 Å². The lowest BCUT2D eigenvalue weighted by Gasteiger charge is -2.23. The Morgan fingerprint density at radius 1 is 1.14 bits per heavy atom. The summed E-state index contributed by atoms with van der Waals surface area (Å²) in [4.78, 5) is 27.7. The average Bonchev–Trinajstić information content (AvgIpc) is 3.46. The number of furan rings is 1. The number of ketones is 1. The molecule has 0 spiro atoms. The molecule has 0 aliphatic carbocycles. The van der Waals surface area contributed by atoms with E-state index in [9.17, 15) is 14.7 Å². The first kappa shape index (κ1) is 24.6. The number of carbonyl (C=O) groups excluding carboxylic acids is 2. The fraction of sp³-hybridized carbons (Fsp3) is 0.286. The summed E-state index contributed by atoms with van der Waals surface area (Å²) in [6, 6.07) is 15.2. The maximum absolute atomic E-state index is 13.2. The normalized spacial score (nSPS) is 17.4. The van der Waals surface area contributed by atoms with Crippen LogP contribution >= 0.6 is 11.6 Å². The number of hydrogen-bond acceptors (Lipinski definition) is 5. The van der Waals surface area contributed by atoms with Crippen LogP contribution in [0.3, 0.4) is 0 Å². The third kappa shape index (κ3) is 4.98. The zero-order valence-corrected chi connectivity index (χ0v) is 20.7. The third-order valence-corrected chi connectivity index (χ3v) is 6.36. The van der Waals surface area contributed by atoms with Gasteiger partial charge in [-0.2, -0.15) is 0 Å². The molecule has 1 aliphatic rings. The summed E-state index contributed by atoms with van der Waals surface area (Å²) in [7, 11) is 0. The fourth-order valence-corrected chi connectivity index (χ4v) is 4.47. The van der Waals surface area contributed by atoms with Gasteiger partial charge >= 0.3 is 0 Å². The van der Waals surface area contributed by atoms with Crippen molar-refractivity contribution in [2.24, 2.45) is 0 Å². The number of likely N-dealkylation sites (tertiary alicyclic amines) is 1. The van der Waals surface area contributed by atoms with Gasteiger partial charge in [0.1, 0.15) is 23.3 Å². The molecule has 1 aliphatic heterocycles. The van der Waals surface area contributed by atoms with E-state index in [1.54, 1.807) is 36.4 Å². The number of Topliss-reactive ketones (excluding diaryl/α,β-unsaturated/α-hetero) is 1. The van der Waals surface area contributed by atoms with Crippen molar-refractivity contribution in [2.45, 2.75) is 39.2 Å². The van der Waals surface area contributed by atoms with Gasteiger partial charge < -0.3 is 19.2 Å². The molecular weight excluding hydrogens is 466 g/mol. The Morgan fingerprint density at radius 3 is 2.51 bits per heavy atom. The number of ether oxygens (including phenoxy) is 1. The third-order valence-electron chi connectivity index (χ3n) is 6.11. The van der Waals surface area contributed by atoms with Crippen LogP contribution in [0.1, 0.15) is 55.2 Å². The van der Waals surface area contributed by atoms with Gasteiger partial charge in [-0.1, -0.05) is 37.6 Å². The maximum Gasteiger partial charge on any atom is 0.295 e. The van der Waals surface area contributed by atoms with Crippen LogP contribution < -0.4 is 4.74 Å². The van der Waals surface area contributed by atoms with Gasteiger partial charge in [0.05, 0.1) is 18.4 Å². The Balaban J connectivity index is 1.75. The quantitative estimate of drug-likeness (QED) is 0.232. The monoisotopic (exact) mass is 493 g/mol. The molecule has 3 aromatic rings. The van der Waals surface area contributed by atoms with Gasteiger partial charge in [-0.15, -0.1) is 0 Å². The SMILES string of the molecule is CCOc1ccc(/C(O)=C2/C(=O)C(=O)N(CCc3ccc(Cl)cc3)C2c2ccco2)cc1C(C)C. The second-order valence-corrected chi connectivity index (χ2v) is 9.16. The Bertz CT molecular complexity index is 1240. The summed E-state index contributed by atoms with van der Waals surface area (Å²) in [5.41, 5.74) is 2.34. The first-order chi connectivity index (χ1) is 16.8. The molecule has 1 amide bonds. The molecule has 1 aromatic heterocycles. The molecule has 35 heavy (non-hydrogen) atoms. The highest BCUT2D eigenvalue weighted by molar-refractivity contribution is 6.46. The molecule has 4 rings (SSSR count). The van der Waals surface area contributed by atoms with Crippen molar-refractivity contribution in [3.8, 4) is 5.75 Å². The fourth-order valence-electron chi connectivity index (χ4n) is 4.34. The van der Waals surface area contributed by atoms with Gasteiger partial charge in [0, 0.05) is 17.1 Å². The molecule has 1 fully saturated rings. The minimum atomic E-state index is -0.827. The van der Waals surface area contributed by atoms with Gasteiger partial charge in [0.25, 0.3) is 11.7 Å². The van der Waals surface area contributed by atoms with Crippen molar-refractivity contribution in [1.82, 2.24) is 4.90 Å². The lowest BCUT2D eigenvalue weighted by atomic mass is 9.95. The number of halogens is 1. The topological polar surface area (TPSA) is 80.0 Å². The molecule has 7 heteroatoms. The van der Waals surface area contributed by atoms with E-state index in [-0.39, 0.29) is 23.8 Å². The number of rotatable bonds is 8. The average molecular weight is 494 g/mol. The summed E-state index contributed by atoms with van der Waals surface area (Å²) in [6.45, 7) is 6.75. The van der Waals surface area contributed by atoms with Gasteiger partial charge in [-0.05, 0) is 72.9 Å². The van der Waals surface area contributed by atoms with Crippen molar-refractivity contribution in [3.05, 3.63) is 93.9 Å². The number of aliphatic hydroxyl groups is 1. The number of aliphatic hydroxyl groups excluding tert-OH is 1. The Labute approximate surface area is 209 Å². The summed E-state index contributed by atoms with van der Waals surface area (Å²) in [5.74, 6) is -0.366. The Morgan fingerprint density at radius 2 is 1.89 bits per heavy atom. The number of benzene rings is 2. The van der Waals surface area contributed by atoms with Crippen molar-refractivity contribution < 1.29 is 23.8 Å². The molecule has 2 heterocycles.